The van der Waals surface area contributed by atoms with Crippen LogP contribution in [0.1, 0.15) is 18.5 Å². The molecule has 1 aliphatic rings. The lowest BCUT2D eigenvalue weighted by atomic mass is 10.2. The third kappa shape index (κ3) is 1.04. The summed E-state index contributed by atoms with van der Waals surface area (Å²) in [4.78, 5) is 7.99. The molecule has 1 aliphatic carbocycles. The highest BCUT2D eigenvalue weighted by Crippen LogP contribution is 2.44. The molecule has 1 saturated carbocycles. The Kier molecular flexibility index (Phi) is 1.51. The summed E-state index contributed by atoms with van der Waals surface area (Å²) < 4.78 is 5.11. The normalized spacial score (nSPS) is 18.8. The van der Waals surface area contributed by atoms with E-state index >= 15 is 0 Å². The monoisotopic (exact) mass is 165 g/mol. The summed E-state index contributed by atoms with van der Waals surface area (Å²) in [7, 11) is 1.61. The van der Waals surface area contributed by atoms with Gasteiger partial charge in [0, 0.05) is 0 Å². The number of aromatic nitrogens is 2. The Bertz CT molecular complexity index is 296. The Morgan fingerprint density at radius 1 is 1.58 bits per heavy atom. The molecule has 0 atom stereocenters. The first-order valence-electron chi connectivity index (χ1n) is 3.90. The third-order valence-electron chi connectivity index (χ3n) is 2.16. The minimum Gasteiger partial charge on any atom is -0.493 e. The van der Waals surface area contributed by atoms with Crippen molar-refractivity contribution in [1.82, 2.24) is 9.97 Å². The van der Waals surface area contributed by atoms with Crippen molar-refractivity contribution in [3.63, 3.8) is 0 Å². The molecule has 4 heteroatoms. The molecule has 2 rings (SSSR count). The van der Waals surface area contributed by atoms with Gasteiger partial charge in [-0.25, -0.2) is 9.97 Å². The van der Waals surface area contributed by atoms with Crippen LogP contribution in [-0.2, 0) is 5.54 Å². The summed E-state index contributed by atoms with van der Waals surface area (Å²) in [5.41, 5.74) is 6.57. The number of methoxy groups -OCH3 is 1. The minimum absolute atomic E-state index is 0.242. The number of nitrogens with two attached hydrogens (primary N) is 1. The quantitative estimate of drug-likeness (QED) is 0.690. The average molecular weight is 165 g/mol. The molecular formula is C8H11N3O. The van der Waals surface area contributed by atoms with Gasteiger partial charge in [-0.2, -0.15) is 0 Å². The first-order valence-corrected chi connectivity index (χ1v) is 3.90. The number of hydrogen-bond donors (Lipinski definition) is 1. The van der Waals surface area contributed by atoms with Gasteiger partial charge in [0.25, 0.3) is 0 Å². The van der Waals surface area contributed by atoms with Crippen LogP contribution in [0.4, 0.5) is 0 Å². The Hall–Kier alpha value is -1.16. The second-order valence-electron chi connectivity index (χ2n) is 3.10. The van der Waals surface area contributed by atoms with Gasteiger partial charge in [0.15, 0.2) is 5.75 Å². The first-order chi connectivity index (χ1) is 5.76. The Morgan fingerprint density at radius 2 is 2.33 bits per heavy atom. The van der Waals surface area contributed by atoms with E-state index in [1.807, 2.05) is 0 Å². The van der Waals surface area contributed by atoms with Crippen molar-refractivity contribution >= 4 is 0 Å². The van der Waals surface area contributed by atoms with E-state index in [-0.39, 0.29) is 5.54 Å². The molecule has 0 unspecified atom stereocenters. The summed E-state index contributed by atoms with van der Waals surface area (Å²) >= 11 is 0. The van der Waals surface area contributed by atoms with E-state index < -0.39 is 0 Å². The zero-order chi connectivity index (χ0) is 8.60. The van der Waals surface area contributed by atoms with Crippen LogP contribution in [0.3, 0.4) is 0 Å². The Balaban J connectivity index is 2.42. The van der Waals surface area contributed by atoms with Crippen molar-refractivity contribution < 1.29 is 4.74 Å². The van der Waals surface area contributed by atoms with E-state index in [1.165, 1.54) is 6.33 Å². The number of hydrogen-bond acceptors (Lipinski definition) is 4. The second kappa shape index (κ2) is 2.42. The Labute approximate surface area is 70.8 Å². The summed E-state index contributed by atoms with van der Waals surface area (Å²) in [6.45, 7) is 0. The third-order valence-corrected chi connectivity index (χ3v) is 2.16. The van der Waals surface area contributed by atoms with Crippen molar-refractivity contribution in [2.24, 2.45) is 5.73 Å². The molecule has 2 N–H and O–H groups in total. The van der Waals surface area contributed by atoms with Crippen LogP contribution in [0.2, 0.25) is 0 Å². The van der Waals surface area contributed by atoms with Crippen molar-refractivity contribution in [2.75, 3.05) is 7.11 Å². The van der Waals surface area contributed by atoms with E-state index in [4.69, 9.17) is 10.5 Å². The lowest BCUT2D eigenvalue weighted by Crippen LogP contribution is -2.21. The van der Waals surface area contributed by atoms with Gasteiger partial charge in [-0.1, -0.05) is 0 Å². The highest BCUT2D eigenvalue weighted by atomic mass is 16.5. The molecule has 4 nitrogen and oxygen atoms in total. The first kappa shape index (κ1) is 7.49. The molecule has 1 heterocycles. The van der Waals surface area contributed by atoms with Gasteiger partial charge in [-0.05, 0) is 12.8 Å². The largest absolute Gasteiger partial charge is 0.493 e. The molecule has 1 aromatic heterocycles. The highest BCUT2D eigenvalue weighted by Gasteiger charge is 2.43. The zero-order valence-corrected chi connectivity index (χ0v) is 6.95. The van der Waals surface area contributed by atoms with E-state index in [1.54, 1.807) is 13.3 Å². The van der Waals surface area contributed by atoms with Crippen LogP contribution in [0.25, 0.3) is 0 Å². The van der Waals surface area contributed by atoms with Crippen LogP contribution in [0, 0.1) is 0 Å². The summed E-state index contributed by atoms with van der Waals surface area (Å²) in [6.07, 6.45) is 5.13. The molecular weight excluding hydrogens is 154 g/mol. The molecule has 1 fully saturated rings. The van der Waals surface area contributed by atoms with Crippen molar-refractivity contribution in [3.05, 3.63) is 18.2 Å². The van der Waals surface area contributed by atoms with Crippen LogP contribution < -0.4 is 10.5 Å². The number of ether oxygens (including phenoxy) is 1. The van der Waals surface area contributed by atoms with Crippen LogP contribution in [0.15, 0.2) is 12.5 Å². The van der Waals surface area contributed by atoms with Crippen molar-refractivity contribution in [1.29, 1.82) is 0 Å². The molecule has 12 heavy (non-hydrogen) atoms. The predicted molar refractivity (Wildman–Crippen MR) is 43.7 cm³/mol. The molecule has 0 amide bonds. The van der Waals surface area contributed by atoms with Gasteiger partial charge in [-0.3, -0.25) is 0 Å². The van der Waals surface area contributed by atoms with Crippen LogP contribution >= 0.6 is 0 Å². The lowest BCUT2D eigenvalue weighted by molar-refractivity contribution is 0.398. The lowest BCUT2D eigenvalue weighted by Gasteiger charge is -2.10. The number of rotatable bonds is 2. The predicted octanol–water partition coefficient (Wildman–Crippen LogP) is 0.433. The fourth-order valence-corrected chi connectivity index (χ4v) is 1.21. The standard InChI is InChI=1S/C8H11N3O/c1-12-6-4-10-5-11-7(6)8(9)2-3-8/h4-5H,2-3,9H2,1H3. The van der Waals surface area contributed by atoms with E-state index in [0.717, 1.165) is 18.5 Å². The average Bonchev–Trinajstić information content (AvgIpc) is 2.85. The van der Waals surface area contributed by atoms with E-state index in [2.05, 4.69) is 9.97 Å². The molecule has 64 valence electrons. The minimum atomic E-state index is -0.242. The topological polar surface area (TPSA) is 61.0 Å². The smallest absolute Gasteiger partial charge is 0.160 e. The van der Waals surface area contributed by atoms with Crippen LogP contribution in [-0.4, -0.2) is 17.1 Å². The van der Waals surface area contributed by atoms with Gasteiger partial charge in [0.2, 0.25) is 0 Å². The molecule has 0 bridgehead atoms. The highest BCUT2D eigenvalue weighted by molar-refractivity contribution is 5.34. The van der Waals surface area contributed by atoms with Gasteiger partial charge >= 0.3 is 0 Å². The molecule has 0 spiro atoms. The Morgan fingerprint density at radius 3 is 2.92 bits per heavy atom. The van der Waals surface area contributed by atoms with Crippen molar-refractivity contribution in [2.45, 2.75) is 18.4 Å². The van der Waals surface area contributed by atoms with Crippen LogP contribution in [0.5, 0.6) is 5.75 Å². The van der Waals surface area contributed by atoms with E-state index in [9.17, 15) is 0 Å². The fourth-order valence-electron chi connectivity index (χ4n) is 1.21. The van der Waals surface area contributed by atoms with Crippen molar-refractivity contribution in [3.8, 4) is 5.75 Å². The molecule has 0 aliphatic heterocycles. The zero-order valence-electron chi connectivity index (χ0n) is 6.95. The van der Waals surface area contributed by atoms with Gasteiger partial charge in [0.1, 0.15) is 12.0 Å². The SMILES string of the molecule is COc1cncnc1C1(N)CC1. The molecule has 0 saturated heterocycles. The fraction of sp³-hybridized carbons (Fsp3) is 0.500. The summed E-state index contributed by atoms with van der Waals surface area (Å²) in [5.74, 6) is 0.692. The van der Waals surface area contributed by atoms with Gasteiger partial charge in [-0.15, -0.1) is 0 Å². The van der Waals surface area contributed by atoms with Gasteiger partial charge in [0.05, 0.1) is 18.8 Å². The maximum atomic E-state index is 5.97. The maximum absolute atomic E-state index is 5.97. The molecule has 0 radical (unpaired) electrons. The molecule has 0 aromatic carbocycles. The summed E-state index contributed by atoms with van der Waals surface area (Å²) in [5, 5.41) is 0. The van der Waals surface area contributed by atoms with E-state index in [0.29, 0.717) is 5.75 Å². The summed E-state index contributed by atoms with van der Waals surface area (Å²) in [6, 6.07) is 0. The second-order valence-corrected chi connectivity index (χ2v) is 3.10. The maximum Gasteiger partial charge on any atom is 0.160 e. The molecule has 1 aromatic rings. The van der Waals surface area contributed by atoms with Gasteiger partial charge < -0.3 is 10.5 Å². The number of nitrogens with zero attached hydrogens (tertiary/aromatic N) is 2.